The number of nitrogens with zero attached hydrogens (tertiary/aromatic N) is 2. The highest BCUT2D eigenvalue weighted by Gasteiger charge is 2.10. The smallest absolute Gasteiger partial charge is 0.151 e. The Morgan fingerprint density at radius 3 is 2.95 bits per heavy atom. The Kier molecular flexibility index (Phi) is 3.54. The normalized spacial score (nSPS) is 10.7. The van der Waals surface area contributed by atoms with Gasteiger partial charge in [0.15, 0.2) is 5.82 Å². The van der Waals surface area contributed by atoms with Crippen LogP contribution in [0.2, 0.25) is 0 Å². The van der Waals surface area contributed by atoms with Crippen molar-refractivity contribution in [1.82, 2.24) is 9.97 Å². The van der Waals surface area contributed by atoms with Gasteiger partial charge in [0, 0.05) is 29.2 Å². The summed E-state index contributed by atoms with van der Waals surface area (Å²) in [4.78, 5) is 8.24. The van der Waals surface area contributed by atoms with E-state index in [0.29, 0.717) is 17.1 Å². The predicted molar refractivity (Wildman–Crippen MR) is 78.6 cm³/mol. The minimum absolute atomic E-state index is 0.357. The van der Waals surface area contributed by atoms with Crippen molar-refractivity contribution in [3.8, 4) is 21.8 Å². The van der Waals surface area contributed by atoms with Crippen molar-refractivity contribution < 1.29 is 4.39 Å². The average molecular weight is 285 g/mol. The summed E-state index contributed by atoms with van der Waals surface area (Å²) in [7, 11) is 0. The van der Waals surface area contributed by atoms with E-state index < -0.39 is 0 Å². The number of pyridine rings is 1. The van der Waals surface area contributed by atoms with Gasteiger partial charge in [-0.2, -0.15) is 0 Å². The molecule has 2 heterocycles. The fourth-order valence-corrected chi connectivity index (χ4v) is 2.79. The number of halogens is 1. The highest BCUT2D eigenvalue weighted by Crippen LogP contribution is 2.30. The first kappa shape index (κ1) is 12.9. The molecule has 100 valence electrons. The number of benzene rings is 1. The predicted octanol–water partition coefficient (Wildman–Crippen LogP) is 3.47. The highest BCUT2D eigenvalue weighted by atomic mass is 32.1. The molecule has 5 heteroatoms. The lowest BCUT2D eigenvalue weighted by molar-refractivity contribution is 0.625. The van der Waals surface area contributed by atoms with E-state index in [-0.39, 0.29) is 5.82 Å². The molecule has 0 unspecified atom stereocenters. The fraction of sp³-hybridized carbons (Fsp3) is 0.0667. The quantitative estimate of drug-likeness (QED) is 0.801. The van der Waals surface area contributed by atoms with E-state index in [0.717, 1.165) is 16.8 Å². The van der Waals surface area contributed by atoms with Gasteiger partial charge < -0.3 is 5.73 Å². The van der Waals surface area contributed by atoms with E-state index in [4.69, 9.17) is 5.73 Å². The summed E-state index contributed by atoms with van der Waals surface area (Å²) >= 11 is 1.41. The van der Waals surface area contributed by atoms with E-state index in [1.807, 2.05) is 29.6 Å². The van der Waals surface area contributed by atoms with Crippen molar-refractivity contribution in [2.24, 2.45) is 5.73 Å². The van der Waals surface area contributed by atoms with Crippen molar-refractivity contribution in [2.75, 3.05) is 0 Å². The van der Waals surface area contributed by atoms with Crippen LogP contribution in [0.4, 0.5) is 4.39 Å². The third-order valence-corrected chi connectivity index (χ3v) is 3.84. The van der Waals surface area contributed by atoms with Gasteiger partial charge in [-0.1, -0.05) is 18.2 Å². The summed E-state index contributed by atoms with van der Waals surface area (Å²) in [5.74, 6) is -0.357. The van der Waals surface area contributed by atoms with Crippen LogP contribution >= 0.6 is 11.3 Å². The van der Waals surface area contributed by atoms with E-state index in [1.165, 1.54) is 17.5 Å². The second kappa shape index (κ2) is 5.48. The van der Waals surface area contributed by atoms with Crippen LogP contribution in [0.5, 0.6) is 0 Å². The molecule has 0 saturated carbocycles. The van der Waals surface area contributed by atoms with Gasteiger partial charge >= 0.3 is 0 Å². The van der Waals surface area contributed by atoms with Gasteiger partial charge in [0.25, 0.3) is 0 Å². The van der Waals surface area contributed by atoms with E-state index in [2.05, 4.69) is 9.97 Å². The molecule has 3 rings (SSSR count). The number of nitrogens with two attached hydrogens (primary N) is 1. The molecule has 0 amide bonds. The van der Waals surface area contributed by atoms with Crippen molar-refractivity contribution in [2.45, 2.75) is 6.54 Å². The molecule has 0 aliphatic carbocycles. The van der Waals surface area contributed by atoms with Gasteiger partial charge in [-0.25, -0.2) is 9.37 Å². The highest BCUT2D eigenvalue weighted by molar-refractivity contribution is 7.13. The Bertz CT molecular complexity index is 739. The van der Waals surface area contributed by atoms with E-state index in [1.54, 1.807) is 12.3 Å². The molecule has 0 radical (unpaired) electrons. The Labute approximate surface area is 119 Å². The van der Waals surface area contributed by atoms with E-state index in [9.17, 15) is 4.39 Å². The number of rotatable bonds is 3. The molecule has 0 atom stereocenters. The third kappa shape index (κ3) is 2.45. The van der Waals surface area contributed by atoms with Crippen LogP contribution in [0.3, 0.4) is 0 Å². The van der Waals surface area contributed by atoms with Crippen molar-refractivity contribution in [1.29, 1.82) is 0 Å². The first-order chi connectivity index (χ1) is 9.78. The van der Waals surface area contributed by atoms with Crippen molar-refractivity contribution in [3.05, 3.63) is 59.5 Å². The minimum atomic E-state index is -0.357. The maximum absolute atomic E-state index is 13.7. The van der Waals surface area contributed by atoms with Gasteiger partial charge in [0.05, 0.1) is 11.9 Å². The molecule has 0 saturated heterocycles. The van der Waals surface area contributed by atoms with Crippen LogP contribution < -0.4 is 5.73 Å². The summed E-state index contributed by atoms with van der Waals surface area (Å²) in [5.41, 5.74) is 8.99. The molecule has 0 aliphatic heterocycles. The van der Waals surface area contributed by atoms with Crippen LogP contribution in [0.25, 0.3) is 21.8 Å². The van der Waals surface area contributed by atoms with Gasteiger partial charge in [-0.3, -0.25) is 4.98 Å². The van der Waals surface area contributed by atoms with Crippen LogP contribution in [0.15, 0.2) is 48.1 Å². The van der Waals surface area contributed by atoms with Crippen LogP contribution in [-0.2, 0) is 6.54 Å². The number of hydrogen-bond acceptors (Lipinski definition) is 4. The lowest BCUT2D eigenvalue weighted by Crippen LogP contribution is -1.95. The maximum Gasteiger partial charge on any atom is 0.151 e. The molecule has 0 aliphatic rings. The zero-order chi connectivity index (χ0) is 13.9. The van der Waals surface area contributed by atoms with Crippen LogP contribution in [-0.4, -0.2) is 9.97 Å². The Morgan fingerprint density at radius 1 is 1.25 bits per heavy atom. The van der Waals surface area contributed by atoms with Crippen molar-refractivity contribution >= 4 is 11.3 Å². The molecule has 0 bridgehead atoms. The number of hydrogen-bond donors (Lipinski definition) is 1. The zero-order valence-corrected chi connectivity index (χ0v) is 11.4. The summed E-state index contributed by atoms with van der Waals surface area (Å²) in [5, 5.41) is 2.57. The van der Waals surface area contributed by atoms with Gasteiger partial charge in [0.2, 0.25) is 0 Å². The van der Waals surface area contributed by atoms with Crippen LogP contribution in [0, 0.1) is 5.82 Å². The largest absolute Gasteiger partial charge is 0.326 e. The monoisotopic (exact) mass is 285 g/mol. The second-order valence-electron chi connectivity index (χ2n) is 4.30. The maximum atomic E-state index is 13.7. The first-order valence-electron chi connectivity index (χ1n) is 6.12. The second-order valence-corrected chi connectivity index (χ2v) is 5.16. The summed E-state index contributed by atoms with van der Waals surface area (Å²) < 4.78 is 13.7. The van der Waals surface area contributed by atoms with Crippen molar-refractivity contribution in [3.63, 3.8) is 0 Å². The third-order valence-electron chi connectivity index (χ3n) is 2.97. The molecular weight excluding hydrogens is 273 g/mol. The summed E-state index contributed by atoms with van der Waals surface area (Å²) in [6, 6.07) is 9.53. The molecule has 3 aromatic rings. The lowest BCUT2D eigenvalue weighted by atomic mass is 10.1. The molecule has 0 fully saturated rings. The number of aromatic nitrogens is 2. The fourth-order valence-electron chi connectivity index (χ4n) is 1.94. The number of thiazole rings is 1. The average Bonchev–Trinajstić information content (AvgIpc) is 2.97. The first-order valence-corrected chi connectivity index (χ1v) is 7.00. The lowest BCUT2D eigenvalue weighted by Gasteiger charge is -2.00. The Balaban J connectivity index is 2.00. The molecule has 0 spiro atoms. The molecule has 2 N–H and O–H groups in total. The zero-order valence-electron chi connectivity index (χ0n) is 10.6. The van der Waals surface area contributed by atoms with Gasteiger partial charge in [-0.05, 0) is 17.7 Å². The molecule has 1 aromatic carbocycles. The van der Waals surface area contributed by atoms with Crippen LogP contribution in [0.1, 0.15) is 5.56 Å². The summed E-state index contributed by atoms with van der Waals surface area (Å²) in [6.45, 7) is 0.490. The SMILES string of the molecule is NCc1cccc(-c2csc(-c3ccncc3F)n2)c1. The molecule has 3 nitrogen and oxygen atoms in total. The van der Waals surface area contributed by atoms with Gasteiger partial charge in [-0.15, -0.1) is 11.3 Å². The topological polar surface area (TPSA) is 51.8 Å². The van der Waals surface area contributed by atoms with Gasteiger partial charge in [0.1, 0.15) is 5.01 Å². The van der Waals surface area contributed by atoms with E-state index >= 15 is 0 Å². The molecule has 20 heavy (non-hydrogen) atoms. The standard InChI is InChI=1S/C15H12FN3S/c16-13-8-18-5-4-12(13)15-19-14(9-20-15)11-3-1-2-10(6-11)7-17/h1-6,8-9H,7,17H2. The Morgan fingerprint density at radius 2 is 2.15 bits per heavy atom. The minimum Gasteiger partial charge on any atom is -0.326 e. The molecular formula is C15H12FN3S. The Hall–Kier alpha value is -2.11. The summed E-state index contributed by atoms with van der Waals surface area (Å²) in [6.07, 6.45) is 2.76. The molecule has 2 aromatic heterocycles.